The van der Waals surface area contributed by atoms with E-state index in [9.17, 15) is 0 Å². The summed E-state index contributed by atoms with van der Waals surface area (Å²) < 4.78 is 5.63. The standard InChI is InChI=1S/C20H25ClN2OS2/c1-15(2)24-18-10-8-17(9-11-18)23-20(25)22-12-5-13-26-14-16-6-3-4-7-19(16)21/h3-4,6-11,15H,5,12-14H2,1-2H3,(H2,22,23,25). The van der Waals surface area contributed by atoms with Crippen molar-refractivity contribution in [1.29, 1.82) is 0 Å². The number of hydrogen-bond donors (Lipinski definition) is 2. The van der Waals surface area contributed by atoms with Crippen molar-refractivity contribution >= 4 is 46.4 Å². The summed E-state index contributed by atoms with van der Waals surface area (Å²) in [5.41, 5.74) is 2.14. The van der Waals surface area contributed by atoms with Gasteiger partial charge in [0.1, 0.15) is 5.75 Å². The Bertz CT molecular complexity index is 692. The highest BCUT2D eigenvalue weighted by Gasteiger charge is 2.01. The zero-order chi connectivity index (χ0) is 18.8. The normalized spacial score (nSPS) is 10.6. The molecule has 0 radical (unpaired) electrons. The van der Waals surface area contributed by atoms with Gasteiger partial charge in [-0.3, -0.25) is 0 Å². The van der Waals surface area contributed by atoms with Gasteiger partial charge < -0.3 is 15.4 Å². The Balaban J connectivity index is 1.59. The lowest BCUT2D eigenvalue weighted by molar-refractivity contribution is 0.242. The van der Waals surface area contributed by atoms with Crippen LogP contribution in [-0.2, 0) is 5.75 Å². The minimum absolute atomic E-state index is 0.173. The zero-order valence-corrected chi connectivity index (χ0v) is 17.5. The molecule has 6 heteroatoms. The Morgan fingerprint density at radius 2 is 1.88 bits per heavy atom. The average Bonchev–Trinajstić information content (AvgIpc) is 2.60. The van der Waals surface area contributed by atoms with E-state index < -0.39 is 0 Å². The van der Waals surface area contributed by atoms with Crippen LogP contribution in [0.4, 0.5) is 5.69 Å². The molecule has 0 atom stereocenters. The van der Waals surface area contributed by atoms with E-state index in [0.717, 1.165) is 40.9 Å². The molecule has 0 aliphatic heterocycles. The molecule has 2 N–H and O–H groups in total. The van der Waals surface area contributed by atoms with Crippen LogP contribution in [0.25, 0.3) is 0 Å². The molecule has 3 nitrogen and oxygen atoms in total. The zero-order valence-electron chi connectivity index (χ0n) is 15.1. The molecule has 0 spiro atoms. The monoisotopic (exact) mass is 408 g/mol. The van der Waals surface area contributed by atoms with E-state index >= 15 is 0 Å². The highest BCUT2D eigenvalue weighted by Crippen LogP contribution is 2.21. The molecule has 0 saturated carbocycles. The van der Waals surface area contributed by atoms with E-state index in [1.165, 1.54) is 5.56 Å². The van der Waals surface area contributed by atoms with Crippen LogP contribution in [0.1, 0.15) is 25.8 Å². The lowest BCUT2D eigenvalue weighted by Crippen LogP contribution is -2.29. The van der Waals surface area contributed by atoms with Gasteiger partial charge in [-0.15, -0.1) is 0 Å². The van der Waals surface area contributed by atoms with Crippen molar-refractivity contribution in [1.82, 2.24) is 5.32 Å². The van der Waals surface area contributed by atoms with Gasteiger partial charge in [0.15, 0.2) is 5.11 Å². The summed E-state index contributed by atoms with van der Waals surface area (Å²) in [5, 5.41) is 7.90. The molecule has 2 rings (SSSR count). The van der Waals surface area contributed by atoms with Crippen LogP contribution in [0.5, 0.6) is 5.75 Å². The fourth-order valence-corrected chi connectivity index (χ4v) is 3.70. The van der Waals surface area contributed by atoms with Crippen molar-refractivity contribution in [2.45, 2.75) is 32.1 Å². The minimum Gasteiger partial charge on any atom is -0.491 e. The van der Waals surface area contributed by atoms with Crippen LogP contribution in [0.15, 0.2) is 48.5 Å². The lowest BCUT2D eigenvalue weighted by atomic mass is 10.2. The minimum atomic E-state index is 0.173. The molecule has 0 aliphatic carbocycles. The molecule has 0 unspecified atom stereocenters. The summed E-state index contributed by atoms with van der Waals surface area (Å²) in [5.74, 6) is 2.86. The Morgan fingerprint density at radius 1 is 1.15 bits per heavy atom. The van der Waals surface area contributed by atoms with Crippen molar-refractivity contribution in [2.75, 3.05) is 17.6 Å². The summed E-state index contributed by atoms with van der Waals surface area (Å²) in [4.78, 5) is 0. The number of halogens is 1. The van der Waals surface area contributed by atoms with Gasteiger partial charge in [0, 0.05) is 23.0 Å². The smallest absolute Gasteiger partial charge is 0.170 e. The van der Waals surface area contributed by atoms with Gasteiger partial charge in [-0.2, -0.15) is 11.8 Å². The Kier molecular flexibility index (Phi) is 9.09. The third-order valence-electron chi connectivity index (χ3n) is 3.45. The summed E-state index contributed by atoms with van der Waals surface area (Å²) in [6, 6.07) is 15.8. The topological polar surface area (TPSA) is 33.3 Å². The second-order valence-electron chi connectivity index (χ2n) is 6.07. The summed E-state index contributed by atoms with van der Waals surface area (Å²) >= 11 is 13.4. The molecular weight excluding hydrogens is 384 g/mol. The molecule has 0 fully saturated rings. The van der Waals surface area contributed by atoms with E-state index in [1.54, 1.807) is 0 Å². The fourth-order valence-electron chi connectivity index (χ4n) is 2.24. The second-order valence-corrected chi connectivity index (χ2v) is 7.99. The van der Waals surface area contributed by atoms with E-state index in [1.807, 2.05) is 68.1 Å². The predicted molar refractivity (Wildman–Crippen MR) is 119 cm³/mol. The van der Waals surface area contributed by atoms with Crippen LogP contribution < -0.4 is 15.4 Å². The molecule has 0 amide bonds. The SMILES string of the molecule is CC(C)Oc1ccc(NC(=S)NCCCSCc2ccccc2Cl)cc1. The van der Waals surface area contributed by atoms with Crippen molar-refractivity contribution in [3.8, 4) is 5.75 Å². The largest absolute Gasteiger partial charge is 0.491 e. The number of thiocarbonyl (C=S) groups is 1. The fraction of sp³-hybridized carbons (Fsp3) is 0.350. The first-order valence-corrected chi connectivity index (χ1v) is 10.6. The quantitative estimate of drug-likeness (QED) is 0.408. The third-order valence-corrected chi connectivity index (χ3v) is 5.16. The van der Waals surface area contributed by atoms with Gasteiger partial charge in [0.25, 0.3) is 0 Å². The molecule has 0 bridgehead atoms. The number of hydrogen-bond acceptors (Lipinski definition) is 3. The Hall–Kier alpha value is -1.43. The molecule has 2 aromatic carbocycles. The van der Waals surface area contributed by atoms with Crippen LogP contribution in [0.2, 0.25) is 5.02 Å². The van der Waals surface area contributed by atoms with Gasteiger partial charge >= 0.3 is 0 Å². The van der Waals surface area contributed by atoms with Crippen molar-refractivity contribution in [3.05, 3.63) is 59.1 Å². The van der Waals surface area contributed by atoms with Gasteiger partial charge in [-0.25, -0.2) is 0 Å². The first-order valence-electron chi connectivity index (χ1n) is 8.67. The average molecular weight is 409 g/mol. The van der Waals surface area contributed by atoms with Crippen molar-refractivity contribution in [3.63, 3.8) is 0 Å². The van der Waals surface area contributed by atoms with Crippen molar-refractivity contribution in [2.24, 2.45) is 0 Å². The molecule has 0 aliphatic rings. The van der Waals surface area contributed by atoms with Gasteiger partial charge in [0.2, 0.25) is 0 Å². The van der Waals surface area contributed by atoms with E-state index in [-0.39, 0.29) is 6.10 Å². The number of ether oxygens (including phenoxy) is 1. The maximum atomic E-state index is 6.16. The Labute approximate surface area is 170 Å². The molecule has 0 heterocycles. The maximum Gasteiger partial charge on any atom is 0.170 e. The predicted octanol–water partition coefficient (Wildman–Crippen LogP) is 5.74. The lowest BCUT2D eigenvalue weighted by Gasteiger charge is -2.12. The number of benzene rings is 2. The molecule has 0 saturated heterocycles. The number of anilines is 1. The number of rotatable bonds is 9. The summed E-state index contributed by atoms with van der Waals surface area (Å²) in [6.45, 7) is 4.87. The highest BCUT2D eigenvalue weighted by atomic mass is 35.5. The van der Waals surface area contributed by atoms with Gasteiger partial charge in [-0.1, -0.05) is 29.8 Å². The Morgan fingerprint density at radius 3 is 2.58 bits per heavy atom. The maximum absolute atomic E-state index is 6.16. The molecule has 26 heavy (non-hydrogen) atoms. The molecule has 140 valence electrons. The van der Waals surface area contributed by atoms with Gasteiger partial charge in [0.05, 0.1) is 6.10 Å². The van der Waals surface area contributed by atoms with Gasteiger partial charge in [-0.05, 0) is 74.1 Å². The third kappa shape index (κ3) is 7.85. The molecule has 0 aromatic heterocycles. The second kappa shape index (κ2) is 11.3. The summed E-state index contributed by atoms with van der Waals surface area (Å²) in [7, 11) is 0. The molecular formula is C20H25ClN2OS2. The first kappa shape index (κ1) is 20.9. The van der Waals surface area contributed by atoms with Crippen LogP contribution >= 0.6 is 35.6 Å². The van der Waals surface area contributed by atoms with Crippen LogP contribution in [0.3, 0.4) is 0 Å². The number of thioether (sulfide) groups is 1. The van der Waals surface area contributed by atoms with Crippen molar-refractivity contribution < 1.29 is 4.74 Å². The van der Waals surface area contributed by atoms with E-state index in [0.29, 0.717) is 5.11 Å². The highest BCUT2D eigenvalue weighted by molar-refractivity contribution is 7.98. The summed E-state index contributed by atoms with van der Waals surface area (Å²) in [6.07, 6.45) is 1.21. The van der Waals surface area contributed by atoms with E-state index in [2.05, 4.69) is 16.7 Å². The first-order chi connectivity index (χ1) is 12.5. The van der Waals surface area contributed by atoms with E-state index in [4.69, 9.17) is 28.6 Å². The number of nitrogens with one attached hydrogen (secondary N) is 2. The van der Waals surface area contributed by atoms with Crippen LogP contribution in [0, 0.1) is 0 Å². The molecule has 2 aromatic rings. The van der Waals surface area contributed by atoms with Crippen LogP contribution in [-0.4, -0.2) is 23.5 Å².